The molecule has 1 N–H and O–H groups in total. The van der Waals surface area contributed by atoms with Crippen LogP contribution in [0.5, 0.6) is 0 Å². The first kappa shape index (κ1) is 19.4. The van der Waals surface area contributed by atoms with Gasteiger partial charge in [-0.1, -0.05) is 18.2 Å². The summed E-state index contributed by atoms with van der Waals surface area (Å²) in [6.07, 6.45) is 1.74. The van der Waals surface area contributed by atoms with E-state index in [4.69, 9.17) is 0 Å². The van der Waals surface area contributed by atoms with Gasteiger partial charge < -0.3 is 15.1 Å². The van der Waals surface area contributed by atoms with Crippen LogP contribution < -0.4 is 10.2 Å². The molecule has 1 amide bonds. The third kappa shape index (κ3) is 4.17. The first-order valence-corrected chi connectivity index (χ1v) is 10.9. The van der Waals surface area contributed by atoms with Crippen molar-refractivity contribution in [2.45, 2.75) is 6.92 Å². The van der Waals surface area contributed by atoms with Crippen molar-refractivity contribution < 1.29 is 4.79 Å². The molecule has 156 valence electrons. The predicted molar refractivity (Wildman–Crippen MR) is 122 cm³/mol. The zero-order valence-corrected chi connectivity index (χ0v) is 17.8. The van der Waals surface area contributed by atoms with Gasteiger partial charge in [0.2, 0.25) is 0 Å². The number of aromatic nitrogens is 4. The maximum Gasteiger partial charge on any atom is 0.282 e. The number of carbonyl (C=O) groups excluding carboxylic acids is 1. The lowest BCUT2D eigenvalue weighted by Gasteiger charge is -2.35. The summed E-state index contributed by atoms with van der Waals surface area (Å²) in [5, 5.41) is 3.78. The number of amides is 1. The number of para-hydroxylation sites is 1. The Labute approximate surface area is 183 Å². The molecule has 5 rings (SSSR count). The van der Waals surface area contributed by atoms with E-state index >= 15 is 0 Å². The number of nitrogens with zero attached hydrogens (tertiary/aromatic N) is 6. The lowest BCUT2D eigenvalue weighted by Crippen LogP contribution is -2.49. The molecule has 0 spiro atoms. The van der Waals surface area contributed by atoms with Crippen LogP contribution in [0.25, 0.3) is 10.2 Å². The molecule has 9 heteroatoms. The fourth-order valence-corrected chi connectivity index (χ4v) is 4.52. The largest absolute Gasteiger partial charge is 0.353 e. The van der Waals surface area contributed by atoms with Gasteiger partial charge in [-0.3, -0.25) is 4.79 Å². The molecule has 31 heavy (non-hydrogen) atoms. The highest BCUT2D eigenvalue weighted by atomic mass is 32.1. The Hall–Kier alpha value is -3.59. The van der Waals surface area contributed by atoms with E-state index in [-0.39, 0.29) is 5.91 Å². The van der Waals surface area contributed by atoms with E-state index in [1.165, 1.54) is 11.3 Å². The Kier molecular flexibility index (Phi) is 5.17. The molecule has 0 bridgehead atoms. The molecule has 3 aromatic heterocycles. The number of hydrogen-bond acceptors (Lipinski definition) is 8. The smallest absolute Gasteiger partial charge is 0.282 e. The molecule has 0 unspecified atom stereocenters. The van der Waals surface area contributed by atoms with Crippen molar-refractivity contribution in [1.29, 1.82) is 0 Å². The number of nitrogens with one attached hydrogen (secondary N) is 1. The van der Waals surface area contributed by atoms with Gasteiger partial charge in [0.25, 0.3) is 5.91 Å². The number of thiazole rings is 1. The van der Waals surface area contributed by atoms with Crippen LogP contribution in [0.1, 0.15) is 15.6 Å². The third-order valence-corrected chi connectivity index (χ3v) is 6.14. The van der Waals surface area contributed by atoms with Crippen molar-refractivity contribution in [2.24, 2.45) is 0 Å². The van der Waals surface area contributed by atoms with Crippen LogP contribution >= 0.6 is 11.3 Å². The highest BCUT2D eigenvalue weighted by molar-refractivity contribution is 7.20. The van der Waals surface area contributed by atoms with Crippen LogP contribution in [-0.2, 0) is 0 Å². The molecule has 0 atom stereocenters. The predicted octanol–water partition coefficient (Wildman–Crippen LogP) is 3.50. The quantitative estimate of drug-likeness (QED) is 0.529. The van der Waals surface area contributed by atoms with E-state index in [1.54, 1.807) is 6.20 Å². The van der Waals surface area contributed by atoms with E-state index in [2.05, 4.69) is 30.2 Å². The Morgan fingerprint density at radius 2 is 1.77 bits per heavy atom. The molecule has 8 nitrogen and oxygen atoms in total. The number of pyridine rings is 1. The topological polar surface area (TPSA) is 87.1 Å². The van der Waals surface area contributed by atoms with Crippen LogP contribution in [0.4, 0.5) is 17.5 Å². The average Bonchev–Trinajstić information content (AvgIpc) is 3.23. The van der Waals surface area contributed by atoms with Crippen molar-refractivity contribution in [2.75, 3.05) is 36.4 Å². The molecule has 1 fully saturated rings. The fraction of sp³-hybridized carbons (Fsp3) is 0.227. The minimum absolute atomic E-state index is 0.00257. The van der Waals surface area contributed by atoms with Gasteiger partial charge in [0, 0.05) is 38.4 Å². The minimum atomic E-state index is -0.00257. The zero-order chi connectivity index (χ0) is 21.2. The van der Waals surface area contributed by atoms with Gasteiger partial charge in [-0.25, -0.2) is 19.9 Å². The summed E-state index contributed by atoms with van der Waals surface area (Å²) in [7, 11) is 0. The number of piperazine rings is 1. The number of carbonyl (C=O) groups is 1. The number of aryl methyl sites for hydroxylation is 1. The summed E-state index contributed by atoms with van der Waals surface area (Å²) in [5.74, 6) is 2.96. The zero-order valence-electron chi connectivity index (χ0n) is 17.0. The number of rotatable bonds is 4. The summed E-state index contributed by atoms with van der Waals surface area (Å²) in [5.41, 5.74) is 0.874. The van der Waals surface area contributed by atoms with Crippen molar-refractivity contribution in [3.63, 3.8) is 0 Å². The second-order valence-corrected chi connectivity index (χ2v) is 8.30. The summed E-state index contributed by atoms with van der Waals surface area (Å²) in [6, 6.07) is 15.5. The van der Waals surface area contributed by atoms with Crippen molar-refractivity contribution in [3.8, 4) is 0 Å². The Balaban J connectivity index is 1.27. The molecule has 0 aliphatic carbocycles. The lowest BCUT2D eigenvalue weighted by atomic mass is 10.3. The number of hydrogen-bond donors (Lipinski definition) is 1. The van der Waals surface area contributed by atoms with Gasteiger partial charge in [-0.2, -0.15) is 0 Å². The van der Waals surface area contributed by atoms with E-state index < -0.39 is 0 Å². The van der Waals surface area contributed by atoms with Crippen LogP contribution in [-0.4, -0.2) is 56.9 Å². The van der Waals surface area contributed by atoms with Crippen LogP contribution in [0.2, 0.25) is 0 Å². The van der Waals surface area contributed by atoms with E-state index in [1.807, 2.05) is 60.4 Å². The first-order chi connectivity index (χ1) is 15.2. The number of benzene rings is 1. The summed E-state index contributed by atoms with van der Waals surface area (Å²) < 4.78 is 1.04. The Bertz CT molecular complexity index is 1190. The second kappa shape index (κ2) is 8.27. The van der Waals surface area contributed by atoms with Gasteiger partial charge in [-0.05, 0) is 31.2 Å². The maximum atomic E-state index is 12.9. The van der Waals surface area contributed by atoms with Gasteiger partial charge >= 0.3 is 0 Å². The molecule has 1 saturated heterocycles. The maximum absolute atomic E-state index is 12.9. The van der Waals surface area contributed by atoms with Gasteiger partial charge in [0.05, 0.1) is 10.2 Å². The Morgan fingerprint density at radius 1 is 0.968 bits per heavy atom. The highest BCUT2D eigenvalue weighted by Crippen LogP contribution is 2.24. The summed E-state index contributed by atoms with van der Waals surface area (Å²) >= 11 is 1.45. The Morgan fingerprint density at radius 3 is 2.55 bits per heavy atom. The molecule has 4 aromatic rings. The standard InChI is InChI=1S/C22H21N7OS/c1-15-24-19(27-18-8-4-5-9-23-18)14-20(25-15)28-10-12-29(13-11-28)22(30)21-26-16-6-2-3-7-17(16)31-21/h2-9,14H,10-13H2,1H3,(H,23,24,25,27). The van der Waals surface area contributed by atoms with E-state index in [9.17, 15) is 4.79 Å². The lowest BCUT2D eigenvalue weighted by molar-refractivity contribution is 0.0746. The van der Waals surface area contributed by atoms with Crippen LogP contribution in [0.3, 0.4) is 0 Å². The van der Waals surface area contributed by atoms with Gasteiger partial charge in [0.1, 0.15) is 23.3 Å². The van der Waals surface area contributed by atoms with Gasteiger partial charge in [-0.15, -0.1) is 11.3 Å². The molecule has 1 aliphatic heterocycles. The fourth-order valence-electron chi connectivity index (χ4n) is 3.58. The molecular formula is C22H21N7OS. The third-order valence-electron chi connectivity index (χ3n) is 5.11. The highest BCUT2D eigenvalue weighted by Gasteiger charge is 2.25. The first-order valence-electron chi connectivity index (χ1n) is 10.1. The monoisotopic (exact) mass is 431 g/mol. The summed E-state index contributed by atoms with van der Waals surface area (Å²) in [6.45, 7) is 4.54. The molecule has 1 aliphatic rings. The number of anilines is 3. The van der Waals surface area contributed by atoms with Crippen molar-refractivity contribution >= 4 is 44.9 Å². The second-order valence-electron chi connectivity index (χ2n) is 7.26. The molecule has 0 radical (unpaired) electrons. The van der Waals surface area contributed by atoms with Crippen LogP contribution in [0.15, 0.2) is 54.7 Å². The SMILES string of the molecule is Cc1nc(Nc2ccccn2)cc(N2CCN(C(=O)c3nc4ccccc4s3)CC2)n1. The van der Waals surface area contributed by atoms with Crippen molar-refractivity contribution in [1.82, 2.24) is 24.8 Å². The average molecular weight is 432 g/mol. The van der Waals surface area contributed by atoms with E-state index in [0.717, 1.165) is 21.9 Å². The molecule has 4 heterocycles. The minimum Gasteiger partial charge on any atom is -0.353 e. The molecule has 1 aromatic carbocycles. The summed E-state index contributed by atoms with van der Waals surface area (Å²) in [4.78, 5) is 34.8. The van der Waals surface area contributed by atoms with E-state index in [0.29, 0.717) is 42.8 Å². The molecule has 0 saturated carbocycles. The van der Waals surface area contributed by atoms with Crippen molar-refractivity contribution in [3.05, 3.63) is 65.6 Å². The molecular weight excluding hydrogens is 410 g/mol. The van der Waals surface area contributed by atoms with Crippen LogP contribution in [0, 0.1) is 6.92 Å². The van der Waals surface area contributed by atoms with Gasteiger partial charge in [0.15, 0.2) is 5.01 Å². The normalized spacial score (nSPS) is 14.1. The number of fused-ring (bicyclic) bond motifs is 1.